The minimum atomic E-state index is -3.93. The number of hydrogen-bond donors (Lipinski definition) is 1. The fourth-order valence-electron chi connectivity index (χ4n) is 1.17. The Kier molecular flexibility index (Phi) is 4.15. The first-order valence-corrected chi connectivity index (χ1v) is 7.39. The molecule has 0 unspecified atom stereocenters. The number of anilines is 1. The molecule has 7 heteroatoms. The highest BCUT2D eigenvalue weighted by atomic mass is 32.2. The fourth-order valence-corrected chi connectivity index (χ4v) is 3.63. The summed E-state index contributed by atoms with van der Waals surface area (Å²) in [6.45, 7) is 0. The van der Waals surface area contributed by atoms with Crippen molar-refractivity contribution < 1.29 is 17.2 Å². The Morgan fingerprint density at radius 3 is 2.25 bits per heavy atom. The molecule has 0 aliphatic carbocycles. The van der Waals surface area contributed by atoms with Gasteiger partial charge >= 0.3 is 0 Å². The van der Waals surface area contributed by atoms with E-state index >= 15 is 0 Å². The number of rotatable bonds is 4. The third-order valence-electron chi connectivity index (χ3n) is 1.89. The SMILES string of the molecule is CSCCS(=O)(=O)c1c(F)cc(N)cc1F. The van der Waals surface area contributed by atoms with Crippen LogP contribution in [0.4, 0.5) is 14.5 Å². The molecule has 0 saturated carbocycles. The lowest BCUT2D eigenvalue weighted by Crippen LogP contribution is -2.13. The third-order valence-corrected chi connectivity index (χ3v) is 4.51. The Bertz CT molecular complexity index is 465. The summed E-state index contributed by atoms with van der Waals surface area (Å²) in [4.78, 5) is -0.893. The Hall–Kier alpha value is -0.820. The highest BCUT2D eigenvalue weighted by Gasteiger charge is 2.24. The Morgan fingerprint density at radius 1 is 1.31 bits per heavy atom. The number of sulfone groups is 1. The number of benzene rings is 1. The van der Waals surface area contributed by atoms with Crippen LogP contribution in [0.3, 0.4) is 0 Å². The van der Waals surface area contributed by atoms with E-state index in [4.69, 9.17) is 5.73 Å². The van der Waals surface area contributed by atoms with E-state index in [0.717, 1.165) is 12.1 Å². The van der Waals surface area contributed by atoms with Crippen LogP contribution in [0, 0.1) is 11.6 Å². The molecule has 0 fully saturated rings. The van der Waals surface area contributed by atoms with Crippen molar-refractivity contribution in [3.05, 3.63) is 23.8 Å². The van der Waals surface area contributed by atoms with E-state index in [1.54, 1.807) is 6.26 Å². The van der Waals surface area contributed by atoms with Crippen molar-refractivity contribution >= 4 is 27.3 Å². The topological polar surface area (TPSA) is 60.2 Å². The second-order valence-electron chi connectivity index (χ2n) is 3.13. The second-order valence-corrected chi connectivity index (χ2v) is 6.16. The Balaban J connectivity index is 3.23. The molecule has 0 bridgehead atoms. The minimum absolute atomic E-state index is 0.140. The largest absolute Gasteiger partial charge is 0.399 e. The summed E-state index contributed by atoms with van der Waals surface area (Å²) in [6.07, 6.45) is 1.71. The van der Waals surface area contributed by atoms with Crippen LogP contribution in [0.15, 0.2) is 17.0 Å². The molecule has 0 aromatic heterocycles. The molecule has 90 valence electrons. The molecular weight excluding hydrogens is 256 g/mol. The zero-order chi connectivity index (χ0) is 12.3. The average Bonchev–Trinajstić information content (AvgIpc) is 2.12. The van der Waals surface area contributed by atoms with Crippen LogP contribution in [0.2, 0.25) is 0 Å². The van der Waals surface area contributed by atoms with Gasteiger partial charge in [0, 0.05) is 11.4 Å². The minimum Gasteiger partial charge on any atom is -0.399 e. The Morgan fingerprint density at radius 2 is 1.81 bits per heavy atom. The fraction of sp³-hybridized carbons (Fsp3) is 0.333. The zero-order valence-electron chi connectivity index (χ0n) is 8.54. The maximum Gasteiger partial charge on any atom is 0.184 e. The van der Waals surface area contributed by atoms with Crippen molar-refractivity contribution in [1.82, 2.24) is 0 Å². The van der Waals surface area contributed by atoms with Crippen LogP contribution in [0.5, 0.6) is 0 Å². The summed E-state index contributed by atoms with van der Waals surface area (Å²) in [5, 5.41) is 0. The van der Waals surface area contributed by atoms with Crippen molar-refractivity contribution in [3.63, 3.8) is 0 Å². The van der Waals surface area contributed by atoms with Crippen molar-refractivity contribution in [2.45, 2.75) is 4.90 Å². The van der Waals surface area contributed by atoms with Gasteiger partial charge in [0.25, 0.3) is 0 Å². The number of hydrogen-bond acceptors (Lipinski definition) is 4. The summed E-state index contributed by atoms with van der Waals surface area (Å²) in [7, 11) is -3.93. The molecule has 1 aromatic rings. The lowest BCUT2D eigenvalue weighted by atomic mass is 10.3. The van der Waals surface area contributed by atoms with E-state index in [2.05, 4.69) is 0 Å². The molecular formula is C9H11F2NO2S2. The van der Waals surface area contributed by atoms with Crippen LogP contribution in [0.1, 0.15) is 0 Å². The maximum absolute atomic E-state index is 13.3. The summed E-state index contributed by atoms with van der Waals surface area (Å²) in [5.41, 5.74) is 5.05. The van der Waals surface area contributed by atoms with Crippen LogP contribution < -0.4 is 5.73 Å². The molecule has 3 nitrogen and oxygen atoms in total. The molecule has 0 aliphatic rings. The summed E-state index contributed by atoms with van der Waals surface area (Å²) >= 11 is 1.29. The van der Waals surface area contributed by atoms with Gasteiger partial charge in [-0.2, -0.15) is 11.8 Å². The summed E-state index contributed by atoms with van der Waals surface area (Å²) in [5.74, 6) is -2.30. The van der Waals surface area contributed by atoms with Crippen LogP contribution in [-0.4, -0.2) is 26.2 Å². The number of nitrogens with two attached hydrogens (primary N) is 1. The van der Waals surface area contributed by atoms with Gasteiger partial charge in [-0.05, 0) is 18.4 Å². The normalized spacial score (nSPS) is 11.7. The quantitative estimate of drug-likeness (QED) is 0.843. The lowest BCUT2D eigenvalue weighted by molar-refractivity contribution is 0.521. The van der Waals surface area contributed by atoms with Gasteiger partial charge in [0.1, 0.15) is 16.5 Å². The molecule has 0 amide bonds. The van der Waals surface area contributed by atoms with Gasteiger partial charge in [-0.25, -0.2) is 17.2 Å². The van der Waals surface area contributed by atoms with E-state index in [-0.39, 0.29) is 17.2 Å². The van der Waals surface area contributed by atoms with E-state index < -0.39 is 26.4 Å². The number of halogens is 2. The van der Waals surface area contributed by atoms with Gasteiger partial charge in [-0.15, -0.1) is 0 Å². The summed E-state index contributed by atoms with van der Waals surface area (Å²) < 4.78 is 49.9. The molecule has 0 saturated heterocycles. The van der Waals surface area contributed by atoms with Gasteiger partial charge in [0.15, 0.2) is 9.84 Å². The maximum atomic E-state index is 13.3. The molecule has 16 heavy (non-hydrogen) atoms. The van der Waals surface area contributed by atoms with E-state index in [0.29, 0.717) is 0 Å². The van der Waals surface area contributed by atoms with E-state index in [1.165, 1.54) is 11.8 Å². The van der Waals surface area contributed by atoms with E-state index in [9.17, 15) is 17.2 Å². The summed E-state index contributed by atoms with van der Waals surface area (Å²) in [6, 6.07) is 1.60. The second kappa shape index (κ2) is 5.01. The van der Waals surface area contributed by atoms with Gasteiger partial charge in [-0.1, -0.05) is 0 Å². The molecule has 1 rings (SSSR count). The molecule has 0 heterocycles. The molecule has 0 aliphatic heterocycles. The molecule has 1 aromatic carbocycles. The zero-order valence-corrected chi connectivity index (χ0v) is 10.2. The Labute approximate surface area is 96.9 Å². The number of thioether (sulfide) groups is 1. The van der Waals surface area contributed by atoms with Gasteiger partial charge in [0.2, 0.25) is 0 Å². The molecule has 2 N–H and O–H groups in total. The first kappa shape index (κ1) is 13.2. The first-order chi connectivity index (χ1) is 7.38. The standard InChI is InChI=1S/C9H11F2NO2S2/c1-15-2-3-16(13,14)9-7(10)4-6(12)5-8(9)11/h4-5H,2-3,12H2,1H3. The van der Waals surface area contributed by atoms with Crippen LogP contribution in [-0.2, 0) is 9.84 Å². The van der Waals surface area contributed by atoms with Gasteiger partial charge in [0.05, 0.1) is 5.75 Å². The third kappa shape index (κ3) is 2.85. The van der Waals surface area contributed by atoms with Gasteiger partial charge in [-0.3, -0.25) is 0 Å². The predicted molar refractivity (Wildman–Crippen MR) is 61.2 cm³/mol. The highest BCUT2D eigenvalue weighted by Crippen LogP contribution is 2.23. The van der Waals surface area contributed by atoms with Crippen molar-refractivity contribution in [1.29, 1.82) is 0 Å². The van der Waals surface area contributed by atoms with Crippen LogP contribution in [0.25, 0.3) is 0 Å². The van der Waals surface area contributed by atoms with E-state index in [1.807, 2.05) is 0 Å². The van der Waals surface area contributed by atoms with Gasteiger partial charge < -0.3 is 5.73 Å². The first-order valence-electron chi connectivity index (χ1n) is 4.34. The smallest absolute Gasteiger partial charge is 0.184 e. The monoisotopic (exact) mass is 267 g/mol. The van der Waals surface area contributed by atoms with Crippen molar-refractivity contribution in [3.8, 4) is 0 Å². The lowest BCUT2D eigenvalue weighted by Gasteiger charge is -2.07. The van der Waals surface area contributed by atoms with Crippen molar-refractivity contribution in [2.75, 3.05) is 23.5 Å². The molecule has 0 atom stereocenters. The number of nitrogen functional groups attached to an aromatic ring is 1. The average molecular weight is 267 g/mol. The van der Waals surface area contributed by atoms with Crippen LogP contribution >= 0.6 is 11.8 Å². The molecule has 0 spiro atoms. The predicted octanol–water partition coefficient (Wildman–Crippen LogP) is 1.68. The van der Waals surface area contributed by atoms with Crippen molar-refractivity contribution in [2.24, 2.45) is 0 Å². The highest BCUT2D eigenvalue weighted by molar-refractivity contribution is 8.00. The molecule has 0 radical (unpaired) electrons.